The highest BCUT2D eigenvalue weighted by Gasteiger charge is 2.21. The molecule has 0 unspecified atom stereocenters. The second-order valence-electron chi connectivity index (χ2n) is 5.97. The number of hydrogen-bond acceptors (Lipinski definition) is 5. The molecule has 2 aromatic heterocycles. The van der Waals surface area contributed by atoms with E-state index >= 15 is 0 Å². The number of imidazole rings is 1. The van der Waals surface area contributed by atoms with Gasteiger partial charge in [-0.2, -0.15) is 0 Å². The molecule has 1 aromatic carbocycles. The van der Waals surface area contributed by atoms with Gasteiger partial charge in [0.05, 0.1) is 11.8 Å². The van der Waals surface area contributed by atoms with E-state index in [0.29, 0.717) is 22.9 Å². The summed E-state index contributed by atoms with van der Waals surface area (Å²) in [4.78, 5) is 42.8. The summed E-state index contributed by atoms with van der Waals surface area (Å²) in [6.45, 7) is 3.70. The Balaban J connectivity index is 2.22. The number of benzene rings is 1. The summed E-state index contributed by atoms with van der Waals surface area (Å²) in [6, 6.07) is 7.71. The van der Waals surface area contributed by atoms with Crippen molar-refractivity contribution >= 4 is 44.6 Å². The molecule has 3 rings (SSSR count). The molecule has 0 aliphatic carbocycles. The largest absolute Gasteiger partial charge is 0.329 e. The van der Waals surface area contributed by atoms with Crippen LogP contribution in [0, 0.1) is 0 Å². The van der Waals surface area contributed by atoms with Crippen LogP contribution in [0.2, 0.25) is 0 Å². The monoisotopic (exact) mass is 436 g/mol. The number of aromatic nitrogens is 4. The normalized spacial score (nSPS) is 12.5. The Morgan fingerprint density at radius 1 is 1.38 bits per heavy atom. The molecular formula is C17H17BrN4O3S. The van der Waals surface area contributed by atoms with Crippen molar-refractivity contribution in [2.75, 3.05) is 0 Å². The van der Waals surface area contributed by atoms with Gasteiger partial charge in [0.1, 0.15) is 5.78 Å². The lowest BCUT2D eigenvalue weighted by Gasteiger charge is -2.11. The first-order chi connectivity index (χ1) is 12.3. The number of carbonyl (C=O) groups excluding carboxylic acids is 1. The number of ketones is 1. The first kappa shape index (κ1) is 18.7. The van der Waals surface area contributed by atoms with Crippen molar-refractivity contribution in [2.24, 2.45) is 7.05 Å². The SMILES string of the molecule is CC(=O)[C@H](C)Sc1nc2c(c(=O)[nH]c(=O)n2C)n1Cc1cccc(Br)c1. The van der Waals surface area contributed by atoms with E-state index < -0.39 is 11.2 Å². The zero-order valence-corrected chi connectivity index (χ0v) is 16.8. The van der Waals surface area contributed by atoms with Crippen LogP contribution in [-0.2, 0) is 18.4 Å². The minimum atomic E-state index is -0.522. The Bertz CT molecular complexity index is 1120. The number of hydrogen-bond donors (Lipinski definition) is 1. The van der Waals surface area contributed by atoms with Crippen molar-refractivity contribution in [1.29, 1.82) is 0 Å². The molecule has 0 aliphatic heterocycles. The standard InChI is InChI=1S/C17H17BrN4O3S/c1-9(23)10(2)26-17-19-14-13(15(24)20-16(25)21(14)3)22(17)8-11-5-4-6-12(18)7-11/h4-7,10H,8H2,1-3H3,(H,20,24,25)/t10-/m0/s1. The highest BCUT2D eigenvalue weighted by Crippen LogP contribution is 2.27. The summed E-state index contributed by atoms with van der Waals surface area (Å²) in [5, 5.41) is 0.207. The molecule has 136 valence electrons. The summed E-state index contributed by atoms with van der Waals surface area (Å²) in [6.07, 6.45) is 0. The topological polar surface area (TPSA) is 89.8 Å². The molecule has 26 heavy (non-hydrogen) atoms. The average molecular weight is 437 g/mol. The molecule has 0 fully saturated rings. The highest BCUT2D eigenvalue weighted by atomic mass is 79.9. The lowest BCUT2D eigenvalue weighted by atomic mass is 10.2. The van der Waals surface area contributed by atoms with Gasteiger partial charge in [-0.15, -0.1) is 0 Å². The van der Waals surface area contributed by atoms with Crippen LogP contribution in [-0.4, -0.2) is 30.1 Å². The van der Waals surface area contributed by atoms with Gasteiger partial charge in [0, 0.05) is 11.5 Å². The van der Waals surface area contributed by atoms with Gasteiger partial charge >= 0.3 is 5.69 Å². The molecule has 0 spiro atoms. The Kier molecular flexibility index (Phi) is 5.19. The fraction of sp³-hybridized carbons (Fsp3) is 0.294. The number of aryl methyl sites for hydroxylation is 1. The van der Waals surface area contributed by atoms with Crippen LogP contribution in [0.25, 0.3) is 11.2 Å². The molecule has 2 heterocycles. The van der Waals surface area contributed by atoms with Crippen LogP contribution in [0.1, 0.15) is 19.4 Å². The van der Waals surface area contributed by atoms with E-state index in [9.17, 15) is 14.4 Å². The fourth-order valence-electron chi connectivity index (χ4n) is 2.51. The number of thioether (sulfide) groups is 1. The smallest absolute Gasteiger partial charge is 0.309 e. The number of rotatable bonds is 5. The third-order valence-electron chi connectivity index (χ3n) is 4.06. The Morgan fingerprint density at radius 3 is 2.77 bits per heavy atom. The zero-order valence-electron chi connectivity index (χ0n) is 14.4. The summed E-state index contributed by atoms with van der Waals surface area (Å²) >= 11 is 4.71. The second-order valence-corrected chi connectivity index (χ2v) is 8.20. The highest BCUT2D eigenvalue weighted by molar-refractivity contribution is 9.10. The summed E-state index contributed by atoms with van der Waals surface area (Å²) in [5.41, 5.74) is 0.556. The Morgan fingerprint density at radius 2 is 2.12 bits per heavy atom. The van der Waals surface area contributed by atoms with Gasteiger partial charge in [-0.3, -0.25) is 19.1 Å². The molecule has 0 saturated heterocycles. The summed E-state index contributed by atoms with van der Waals surface area (Å²) in [7, 11) is 1.56. The number of halogens is 1. The first-order valence-electron chi connectivity index (χ1n) is 7.89. The summed E-state index contributed by atoms with van der Waals surface area (Å²) in [5.74, 6) is 0.0128. The predicted molar refractivity (Wildman–Crippen MR) is 105 cm³/mol. The van der Waals surface area contributed by atoms with Crippen molar-refractivity contribution in [1.82, 2.24) is 19.1 Å². The van der Waals surface area contributed by atoms with E-state index in [1.54, 1.807) is 18.5 Å². The van der Waals surface area contributed by atoms with Gasteiger partial charge in [0.25, 0.3) is 5.56 Å². The van der Waals surface area contributed by atoms with Gasteiger partial charge in [-0.1, -0.05) is 39.8 Å². The first-order valence-corrected chi connectivity index (χ1v) is 9.56. The van der Waals surface area contributed by atoms with E-state index in [1.807, 2.05) is 24.3 Å². The lowest BCUT2D eigenvalue weighted by Crippen LogP contribution is -2.29. The van der Waals surface area contributed by atoms with E-state index in [1.165, 1.54) is 23.3 Å². The molecule has 1 atom stereocenters. The van der Waals surface area contributed by atoms with Gasteiger partial charge < -0.3 is 4.57 Å². The molecule has 9 heteroatoms. The van der Waals surface area contributed by atoms with E-state index in [4.69, 9.17) is 0 Å². The van der Waals surface area contributed by atoms with E-state index in [-0.39, 0.29) is 11.0 Å². The Labute approximate surface area is 161 Å². The molecule has 0 aliphatic rings. The van der Waals surface area contributed by atoms with Crippen LogP contribution >= 0.6 is 27.7 Å². The quantitative estimate of drug-likeness (QED) is 0.619. The number of aromatic amines is 1. The van der Waals surface area contributed by atoms with Gasteiger partial charge in [0.15, 0.2) is 16.3 Å². The minimum Gasteiger partial charge on any atom is -0.309 e. The van der Waals surface area contributed by atoms with Crippen LogP contribution < -0.4 is 11.2 Å². The van der Waals surface area contributed by atoms with Crippen molar-refractivity contribution in [3.05, 3.63) is 55.1 Å². The maximum atomic E-state index is 12.4. The fourth-order valence-corrected chi connectivity index (χ4v) is 3.86. The number of nitrogens with one attached hydrogen (secondary N) is 1. The molecule has 3 aromatic rings. The van der Waals surface area contributed by atoms with Crippen LogP contribution in [0.4, 0.5) is 0 Å². The molecule has 0 amide bonds. The second kappa shape index (κ2) is 7.24. The third kappa shape index (κ3) is 3.54. The maximum Gasteiger partial charge on any atom is 0.329 e. The van der Waals surface area contributed by atoms with Crippen LogP contribution in [0.3, 0.4) is 0 Å². The van der Waals surface area contributed by atoms with Crippen molar-refractivity contribution in [2.45, 2.75) is 30.8 Å². The van der Waals surface area contributed by atoms with Crippen molar-refractivity contribution in [3.63, 3.8) is 0 Å². The van der Waals surface area contributed by atoms with E-state index in [0.717, 1.165) is 10.0 Å². The third-order valence-corrected chi connectivity index (χ3v) is 5.76. The number of H-pyrrole nitrogens is 1. The minimum absolute atomic E-state index is 0.0128. The van der Waals surface area contributed by atoms with Gasteiger partial charge in [-0.25, -0.2) is 9.78 Å². The summed E-state index contributed by atoms with van der Waals surface area (Å²) < 4.78 is 3.97. The van der Waals surface area contributed by atoms with Gasteiger partial charge in [0.2, 0.25) is 0 Å². The number of nitrogens with zero attached hydrogens (tertiary/aromatic N) is 3. The van der Waals surface area contributed by atoms with Gasteiger partial charge in [-0.05, 0) is 31.5 Å². The predicted octanol–water partition coefficient (Wildman–Crippen LogP) is 2.30. The lowest BCUT2D eigenvalue weighted by molar-refractivity contribution is -0.116. The molecule has 0 radical (unpaired) electrons. The molecular weight excluding hydrogens is 420 g/mol. The van der Waals surface area contributed by atoms with E-state index in [2.05, 4.69) is 25.9 Å². The Hall–Kier alpha value is -2.13. The van der Waals surface area contributed by atoms with Crippen LogP contribution in [0.5, 0.6) is 0 Å². The van der Waals surface area contributed by atoms with Crippen LogP contribution in [0.15, 0.2) is 43.5 Å². The maximum absolute atomic E-state index is 12.4. The average Bonchev–Trinajstić information content (AvgIpc) is 2.91. The number of fused-ring (bicyclic) bond motifs is 1. The molecule has 7 nitrogen and oxygen atoms in total. The number of carbonyl (C=O) groups is 1. The van der Waals surface area contributed by atoms with Crippen molar-refractivity contribution in [3.8, 4) is 0 Å². The molecule has 1 N–H and O–H groups in total. The zero-order chi connectivity index (χ0) is 19.0. The number of Topliss-reactive ketones (excluding diaryl/α,β-unsaturated/α-hetero) is 1. The molecule has 0 saturated carbocycles. The van der Waals surface area contributed by atoms with Crippen molar-refractivity contribution < 1.29 is 4.79 Å². The molecule has 0 bridgehead atoms.